The van der Waals surface area contributed by atoms with Gasteiger partial charge in [0.1, 0.15) is 17.3 Å². The minimum absolute atomic E-state index is 0.00339. The number of nitrogens with two attached hydrogens (primary N) is 2. The molecule has 1 aliphatic heterocycles. The fraction of sp³-hybridized carbons (Fsp3) is 0.240. The molecule has 11 nitrogen and oxygen atoms in total. The van der Waals surface area contributed by atoms with Crippen LogP contribution in [0.25, 0.3) is 11.3 Å². The molecule has 1 aliphatic rings. The smallest absolute Gasteiger partial charge is 0.299 e. The predicted octanol–water partition coefficient (Wildman–Crippen LogP) is 1.71. The number of hydrogen-bond donors (Lipinski definition) is 3. The summed E-state index contributed by atoms with van der Waals surface area (Å²) in [6.45, 7) is 2.10. The molecule has 0 radical (unpaired) electrons. The van der Waals surface area contributed by atoms with Crippen molar-refractivity contribution in [2.75, 3.05) is 24.8 Å². The van der Waals surface area contributed by atoms with Crippen molar-refractivity contribution >= 4 is 23.5 Å². The van der Waals surface area contributed by atoms with Crippen molar-refractivity contribution in [3.05, 3.63) is 59.7 Å². The molecule has 1 saturated heterocycles. The number of likely N-dealkylation sites (tertiary alicyclic amines) is 1. The van der Waals surface area contributed by atoms with Crippen molar-refractivity contribution in [1.29, 1.82) is 0 Å². The summed E-state index contributed by atoms with van der Waals surface area (Å²) in [7, 11) is 1.52. The zero-order valence-corrected chi connectivity index (χ0v) is 19.8. The minimum atomic E-state index is -0.763. The van der Waals surface area contributed by atoms with E-state index in [1.54, 1.807) is 48.2 Å². The Morgan fingerprint density at radius 1 is 1.19 bits per heavy atom. The van der Waals surface area contributed by atoms with E-state index < -0.39 is 11.9 Å². The number of ether oxygens (including phenoxy) is 1. The molecule has 3 amide bonds. The Kier molecular flexibility index (Phi) is 6.87. The normalized spacial score (nSPS) is 14.6. The van der Waals surface area contributed by atoms with Gasteiger partial charge in [-0.3, -0.25) is 14.4 Å². The van der Waals surface area contributed by atoms with Crippen molar-refractivity contribution in [2.45, 2.75) is 25.8 Å². The largest absolute Gasteiger partial charge is 0.497 e. The molecule has 0 saturated carbocycles. The van der Waals surface area contributed by atoms with E-state index in [0.29, 0.717) is 41.5 Å². The van der Waals surface area contributed by atoms with E-state index in [1.165, 1.54) is 13.3 Å². The van der Waals surface area contributed by atoms with Gasteiger partial charge < -0.3 is 26.5 Å². The highest BCUT2D eigenvalue weighted by Gasteiger charge is 2.35. The van der Waals surface area contributed by atoms with E-state index in [0.717, 1.165) is 11.1 Å². The van der Waals surface area contributed by atoms with Gasteiger partial charge in [-0.2, -0.15) is 0 Å². The number of imidazole rings is 1. The second-order valence-electron chi connectivity index (χ2n) is 8.05. The standard InChI is InChI=1S/C25H25N7O4/c1-3-5-20(33)31-13-4-6-18(31)24-30-21(22(23(26)34)32(24)27)15-7-9-16(10-8-15)25(35)29-19-14-17(36-2)11-12-28-19/h7-12,14,18H,4,6,13,27H2,1-2H3,(H2,26,34)(H,28,29,35)/t18-/m0/s1. The van der Waals surface area contributed by atoms with Gasteiger partial charge in [0.15, 0.2) is 11.5 Å². The van der Waals surface area contributed by atoms with Crippen LogP contribution in [0.4, 0.5) is 5.82 Å². The summed E-state index contributed by atoms with van der Waals surface area (Å²) in [6, 6.07) is 9.31. The number of nitrogens with one attached hydrogen (secondary N) is 1. The van der Waals surface area contributed by atoms with Gasteiger partial charge in [0.25, 0.3) is 17.7 Å². The number of nitrogens with zero attached hydrogens (tertiary/aromatic N) is 4. The van der Waals surface area contributed by atoms with Crippen LogP contribution in [-0.2, 0) is 4.79 Å². The first kappa shape index (κ1) is 24.3. The van der Waals surface area contributed by atoms with Crippen LogP contribution in [-0.4, -0.2) is 50.9 Å². The number of primary amides is 1. The minimum Gasteiger partial charge on any atom is -0.497 e. The first-order chi connectivity index (χ1) is 17.3. The average molecular weight is 488 g/mol. The van der Waals surface area contributed by atoms with Crippen molar-refractivity contribution in [3.8, 4) is 28.8 Å². The number of anilines is 1. The van der Waals surface area contributed by atoms with E-state index >= 15 is 0 Å². The quantitative estimate of drug-likeness (QED) is 0.353. The number of carbonyl (C=O) groups excluding carboxylic acids is 3. The van der Waals surface area contributed by atoms with Gasteiger partial charge in [0.2, 0.25) is 0 Å². The summed E-state index contributed by atoms with van der Waals surface area (Å²) in [6.07, 6.45) is 2.90. The number of amides is 3. The number of nitrogen functional groups attached to an aromatic ring is 1. The highest BCUT2D eigenvalue weighted by Crippen LogP contribution is 2.34. The number of hydrogen-bond acceptors (Lipinski definition) is 7. The Hall–Kier alpha value is -4.85. The zero-order chi connectivity index (χ0) is 25.8. The maximum Gasteiger partial charge on any atom is 0.299 e. The third-order valence-corrected chi connectivity index (χ3v) is 5.84. The molecule has 5 N–H and O–H groups in total. The van der Waals surface area contributed by atoms with E-state index in [4.69, 9.17) is 16.3 Å². The summed E-state index contributed by atoms with van der Waals surface area (Å²) in [5.74, 6) is 11.2. The molecule has 3 aromatic rings. The number of rotatable bonds is 6. The molecule has 4 rings (SSSR count). The molecule has 0 spiro atoms. The second kappa shape index (κ2) is 10.2. The first-order valence-corrected chi connectivity index (χ1v) is 11.2. The number of carbonyl (C=O) groups is 3. The lowest BCUT2D eigenvalue weighted by Crippen LogP contribution is -2.33. The molecule has 1 fully saturated rings. The Balaban J connectivity index is 1.63. The summed E-state index contributed by atoms with van der Waals surface area (Å²) >= 11 is 0. The second-order valence-corrected chi connectivity index (χ2v) is 8.05. The average Bonchev–Trinajstić information content (AvgIpc) is 3.49. The lowest BCUT2D eigenvalue weighted by Gasteiger charge is -2.21. The van der Waals surface area contributed by atoms with Gasteiger partial charge in [-0.05, 0) is 43.9 Å². The van der Waals surface area contributed by atoms with Crippen LogP contribution >= 0.6 is 0 Å². The van der Waals surface area contributed by atoms with Gasteiger partial charge in [-0.25, -0.2) is 14.6 Å². The van der Waals surface area contributed by atoms with Crippen LogP contribution in [0.5, 0.6) is 5.75 Å². The molecule has 0 unspecified atom stereocenters. The van der Waals surface area contributed by atoms with Crippen LogP contribution in [0, 0.1) is 11.8 Å². The van der Waals surface area contributed by atoms with Gasteiger partial charge in [0.05, 0.1) is 13.2 Å². The Labute approximate surface area is 207 Å². The predicted molar refractivity (Wildman–Crippen MR) is 132 cm³/mol. The van der Waals surface area contributed by atoms with Crippen LogP contribution < -0.4 is 21.6 Å². The summed E-state index contributed by atoms with van der Waals surface area (Å²) < 4.78 is 6.28. The van der Waals surface area contributed by atoms with Gasteiger partial charge >= 0.3 is 0 Å². The van der Waals surface area contributed by atoms with Gasteiger partial charge in [0, 0.05) is 29.9 Å². The topological polar surface area (TPSA) is 158 Å². The first-order valence-electron chi connectivity index (χ1n) is 11.2. The zero-order valence-electron chi connectivity index (χ0n) is 19.8. The molecular formula is C25H25N7O4. The van der Waals surface area contributed by atoms with Crippen molar-refractivity contribution in [1.82, 2.24) is 19.5 Å². The monoisotopic (exact) mass is 487 g/mol. The molecule has 2 aromatic heterocycles. The Morgan fingerprint density at radius 2 is 1.94 bits per heavy atom. The summed E-state index contributed by atoms with van der Waals surface area (Å²) in [5, 5.41) is 2.71. The van der Waals surface area contributed by atoms with Crippen LogP contribution in [0.3, 0.4) is 0 Å². The molecular weight excluding hydrogens is 462 g/mol. The molecule has 36 heavy (non-hydrogen) atoms. The molecule has 0 aliphatic carbocycles. The summed E-state index contributed by atoms with van der Waals surface area (Å²) in [4.78, 5) is 47.7. The number of pyridine rings is 1. The highest BCUT2D eigenvalue weighted by molar-refractivity contribution is 6.04. The van der Waals surface area contributed by atoms with E-state index in [2.05, 4.69) is 27.1 Å². The molecule has 0 bridgehead atoms. The highest BCUT2D eigenvalue weighted by atomic mass is 16.5. The van der Waals surface area contributed by atoms with Crippen LogP contribution in [0.2, 0.25) is 0 Å². The van der Waals surface area contributed by atoms with Crippen LogP contribution in [0.15, 0.2) is 42.6 Å². The molecule has 1 aromatic carbocycles. The van der Waals surface area contributed by atoms with E-state index in [1.807, 2.05) is 0 Å². The lowest BCUT2D eigenvalue weighted by atomic mass is 10.1. The van der Waals surface area contributed by atoms with E-state index in [9.17, 15) is 14.4 Å². The third-order valence-electron chi connectivity index (χ3n) is 5.84. The van der Waals surface area contributed by atoms with Crippen molar-refractivity contribution in [2.24, 2.45) is 5.73 Å². The third kappa shape index (κ3) is 4.69. The number of benzene rings is 1. The van der Waals surface area contributed by atoms with Crippen LogP contribution in [0.1, 0.15) is 52.5 Å². The van der Waals surface area contributed by atoms with Crippen molar-refractivity contribution in [3.63, 3.8) is 0 Å². The fourth-order valence-corrected chi connectivity index (χ4v) is 4.15. The van der Waals surface area contributed by atoms with Gasteiger partial charge in [-0.1, -0.05) is 18.1 Å². The Morgan fingerprint density at radius 3 is 2.61 bits per heavy atom. The fourth-order valence-electron chi connectivity index (χ4n) is 4.15. The lowest BCUT2D eigenvalue weighted by molar-refractivity contribution is -0.126. The molecule has 1 atom stereocenters. The van der Waals surface area contributed by atoms with Crippen molar-refractivity contribution < 1.29 is 19.1 Å². The maximum absolute atomic E-state index is 12.7. The molecule has 184 valence electrons. The summed E-state index contributed by atoms with van der Waals surface area (Å²) in [5.41, 5.74) is 6.80. The Bertz CT molecular complexity index is 1390. The van der Waals surface area contributed by atoms with E-state index in [-0.39, 0.29) is 23.2 Å². The SMILES string of the molecule is CC#CC(=O)N1CCC[C@H]1c1nc(-c2ccc(C(=O)Nc3cc(OC)ccn3)cc2)c(C(N)=O)n1N. The molecule has 3 heterocycles. The number of aromatic nitrogens is 3. The maximum atomic E-state index is 12.7. The molecule has 11 heteroatoms. The van der Waals surface area contributed by atoms with Gasteiger partial charge in [-0.15, -0.1) is 0 Å². The number of methoxy groups -OCH3 is 1.